The van der Waals surface area contributed by atoms with Crippen molar-refractivity contribution in [3.8, 4) is 16.9 Å². The first-order chi connectivity index (χ1) is 14.9. The van der Waals surface area contributed by atoms with Gasteiger partial charge in [0, 0.05) is 12.0 Å². The van der Waals surface area contributed by atoms with Gasteiger partial charge in [0.05, 0.1) is 7.11 Å². The number of ether oxygens (including phenoxy) is 1. The molecule has 2 aromatic carbocycles. The monoisotopic (exact) mass is 454 g/mol. The highest BCUT2D eigenvalue weighted by Gasteiger charge is 2.38. The van der Waals surface area contributed by atoms with Gasteiger partial charge in [0.25, 0.3) is 0 Å². The Hall–Kier alpha value is -2.47. The van der Waals surface area contributed by atoms with Crippen LogP contribution in [0.2, 0.25) is 0 Å². The molecule has 1 atom stereocenters. The molecular formula is C26H31FN2O2S. The fraction of sp³-hybridized carbons (Fsp3) is 0.462. The Kier molecular flexibility index (Phi) is 5.56. The predicted molar refractivity (Wildman–Crippen MR) is 130 cm³/mol. The number of carbonyl (C=O) groups is 1. The summed E-state index contributed by atoms with van der Waals surface area (Å²) in [5.74, 6) is -0.400. The number of carbonyl (C=O) groups excluding carboxylic acids is 1. The summed E-state index contributed by atoms with van der Waals surface area (Å²) >= 11 is 5.03. The highest BCUT2D eigenvalue weighted by atomic mass is 32.1. The van der Waals surface area contributed by atoms with Crippen molar-refractivity contribution < 1.29 is 13.9 Å². The van der Waals surface area contributed by atoms with E-state index in [-0.39, 0.29) is 22.5 Å². The van der Waals surface area contributed by atoms with E-state index in [2.05, 4.69) is 57.4 Å². The van der Waals surface area contributed by atoms with Crippen molar-refractivity contribution in [2.45, 2.75) is 70.8 Å². The van der Waals surface area contributed by atoms with Crippen molar-refractivity contribution in [2.24, 2.45) is 0 Å². The summed E-state index contributed by atoms with van der Waals surface area (Å²) in [6, 6.07) is 7.36. The molecule has 0 aromatic heterocycles. The Morgan fingerprint density at radius 1 is 1.06 bits per heavy atom. The molecule has 1 aliphatic heterocycles. The molecule has 32 heavy (non-hydrogen) atoms. The summed E-state index contributed by atoms with van der Waals surface area (Å²) in [4.78, 5) is 12.1. The molecule has 1 saturated heterocycles. The maximum absolute atomic E-state index is 15.1. The number of rotatable bonds is 4. The SMILES string of the molecule is COc1c(F)cc(CC2NC(=S)NC2=O)cc1-c1cc2c(cc1C)C(C)(C)CCC2(C)C. The maximum Gasteiger partial charge on any atom is 0.249 e. The third kappa shape index (κ3) is 3.90. The van der Waals surface area contributed by atoms with Crippen molar-refractivity contribution in [3.05, 3.63) is 52.3 Å². The minimum Gasteiger partial charge on any atom is -0.493 e. The second-order valence-electron chi connectivity index (χ2n) is 10.4. The van der Waals surface area contributed by atoms with Gasteiger partial charge in [0.1, 0.15) is 6.04 Å². The van der Waals surface area contributed by atoms with Crippen LogP contribution in [-0.4, -0.2) is 24.2 Å². The van der Waals surface area contributed by atoms with E-state index in [4.69, 9.17) is 17.0 Å². The van der Waals surface area contributed by atoms with Gasteiger partial charge in [0.15, 0.2) is 16.7 Å². The Labute approximate surface area is 194 Å². The zero-order valence-corrected chi connectivity index (χ0v) is 20.4. The number of aryl methyl sites for hydroxylation is 1. The van der Waals surface area contributed by atoms with Crippen LogP contribution >= 0.6 is 12.2 Å². The van der Waals surface area contributed by atoms with Gasteiger partial charge in [0.2, 0.25) is 5.91 Å². The quantitative estimate of drug-likeness (QED) is 0.633. The van der Waals surface area contributed by atoms with Gasteiger partial charge in [-0.25, -0.2) is 4.39 Å². The third-order valence-corrected chi connectivity index (χ3v) is 7.31. The number of hydrogen-bond acceptors (Lipinski definition) is 3. The number of nitrogens with one attached hydrogen (secondary N) is 2. The summed E-state index contributed by atoms with van der Waals surface area (Å²) in [5.41, 5.74) is 6.29. The lowest BCUT2D eigenvalue weighted by atomic mass is 9.62. The summed E-state index contributed by atoms with van der Waals surface area (Å²) in [6.45, 7) is 11.2. The van der Waals surface area contributed by atoms with Crippen molar-refractivity contribution in [1.29, 1.82) is 0 Å². The van der Waals surface area contributed by atoms with Crippen LogP contribution in [0.4, 0.5) is 4.39 Å². The van der Waals surface area contributed by atoms with Crippen LogP contribution in [0.15, 0.2) is 24.3 Å². The molecule has 0 radical (unpaired) electrons. The minimum atomic E-state index is -0.507. The van der Waals surface area contributed by atoms with E-state index in [1.165, 1.54) is 24.3 Å². The fourth-order valence-corrected chi connectivity index (χ4v) is 5.27. The normalized spacial score (nSPS) is 21.0. The smallest absolute Gasteiger partial charge is 0.249 e. The predicted octanol–water partition coefficient (Wildman–Crippen LogP) is 5.07. The summed E-state index contributed by atoms with van der Waals surface area (Å²) in [6.07, 6.45) is 2.57. The van der Waals surface area contributed by atoms with Gasteiger partial charge in [-0.2, -0.15) is 0 Å². The average molecular weight is 455 g/mol. The molecule has 4 nitrogen and oxygen atoms in total. The average Bonchev–Trinajstić information content (AvgIpc) is 3.01. The highest BCUT2D eigenvalue weighted by Crippen LogP contribution is 2.48. The Morgan fingerprint density at radius 3 is 2.25 bits per heavy atom. The van der Waals surface area contributed by atoms with Crippen LogP contribution in [0.5, 0.6) is 5.75 Å². The lowest BCUT2D eigenvalue weighted by molar-refractivity contribution is -0.120. The Morgan fingerprint density at radius 2 is 1.69 bits per heavy atom. The molecule has 170 valence electrons. The van der Waals surface area contributed by atoms with Crippen LogP contribution in [0.1, 0.15) is 62.8 Å². The maximum atomic E-state index is 15.1. The number of halogens is 1. The summed E-state index contributed by atoms with van der Waals surface area (Å²) < 4.78 is 20.6. The lowest BCUT2D eigenvalue weighted by Gasteiger charge is -2.42. The van der Waals surface area contributed by atoms with Crippen LogP contribution in [-0.2, 0) is 22.0 Å². The number of methoxy groups -OCH3 is 1. The first kappa shape index (κ1) is 22.7. The summed E-state index contributed by atoms with van der Waals surface area (Å²) in [5, 5.41) is 5.85. The topological polar surface area (TPSA) is 50.4 Å². The molecule has 0 bridgehead atoms. The number of fused-ring (bicyclic) bond motifs is 1. The van der Waals surface area contributed by atoms with E-state index < -0.39 is 11.9 Å². The minimum absolute atomic E-state index is 0.0399. The van der Waals surface area contributed by atoms with Crippen molar-refractivity contribution in [1.82, 2.24) is 10.6 Å². The number of amides is 1. The second kappa shape index (κ2) is 7.84. The molecule has 2 aromatic rings. The standard InChI is InChI=1S/C26H31FN2O2S/c1-14-9-18-19(26(4,5)8-7-25(18,2)3)13-16(14)17-10-15(11-20(27)22(17)31-6)12-21-23(30)29-24(32)28-21/h9-11,13,21H,7-8,12H2,1-6H3,(H2,28,29,30,32). The van der Waals surface area contributed by atoms with Crippen molar-refractivity contribution in [2.75, 3.05) is 7.11 Å². The molecule has 6 heteroatoms. The molecule has 1 fully saturated rings. The lowest BCUT2D eigenvalue weighted by Crippen LogP contribution is -2.34. The van der Waals surface area contributed by atoms with Gasteiger partial charge < -0.3 is 15.4 Å². The Balaban J connectivity index is 1.85. The van der Waals surface area contributed by atoms with Gasteiger partial charge >= 0.3 is 0 Å². The van der Waals surface area contributed by atoms with Crippen molar-refractivity contribution >= 4 is 23.2 Å². The van der Waals surface area contributed by atoms with Crippen molar-refractivity contribution in [3.63, 3.8) is 0 Å². The van der Waals surface area contributed by atoms with Gasteiger partial charge in [-0.05, 0) is 88.8 Å². The third-order valence-electron chi connectivity index (χ3n) is 7.09. The number of hydrogen-bond donors (Lipinski definition) is 2. The van der Waals surface area contributed by atoms with E-state index in [1.807, 2.05) is 6.07 Å². The molecule has 0 spiro atoms. The first-order valence-corrected chi connectivity index (χ1v) is 11.5. The molecule has 1 unspecified atom stereocenters. The summed E-state index contributed by atoms with van der Waals surface area (Å²) in [7, 11) is 1.49. The van der Waals surface area contributed by atoms with Crippen LogP contribution in [0.3, 0.4) is 0 Å². The van der Waals surface area contributed by atoms with E-state index >= 15 is 4.39 Å². The van der Waals surface area contributed by atoms with E-state index in [9.17, 15) is 4.79 Å². The van der Waals surface area contributed by atoms with Gasteiger partial charge in [-0.3, -0.25) is 4.79 Å². The number of thiocarbonyl (C=S) groups is 1. The van der Waals surface area contributed by atoms with E-state index in [0.29, 0.717) is 22.7 Å². The zero-order chi connectivity index (χ0) is 23.4. The van der Waals surface area contributed by atoms with Crippen LogP contribution < -0.4 is 15.4 Å². The first-order valence-electron chi connectivity index (χ1n) is 11.1. The van der Waals surface area contributed by atoms with Crippen LogP contribution in [0, 0.1) is 12.7 Å². The van der Waals surface area contributed by atoms with Gasteiger partial charge in [-0.1, -0.05) is 33.8 Å². The molecule has 4 rings (SSSR count). The molecule has 1 heterocycles. The molecule has 1 aliphatic carbocycles. The molecule has 0 saturated carbocycles. The molecule has 1 amide bonds. The van der Waals surface area contributed by atoms with Crippen LogP contribution in [0.25, 0.3) is 11.1 Å². The Bertz CT molecular complexity index is 1120. The second-order valence-corrected chi connectivity index (χ2v) is 10.8. The molecular weight excluding hydrogens is 423 g/mol. The highest BCUT2D eigenvalue weighted by molar-refractivity contribution is 7.80. The number of benzene rings is 2. The molecule has 2 N–H and O–H groups in total. The van der Waals surface area contributed by atoms with E-state index in [0.717, 1.165) is 24.0 Å². The zero-order valence-electron chi connectivity index (χ0n) is 19.6. The van der Waals surface area contributed by atoms with Gasteiger partial charge in [-0.15, -0.1) is 0 Å². The van der Waals surface area contributed by atoms with E-state index in [1.54, 1.807) is 0 Å². The largest absolute Gasteiger partial charge is 0.493 e. The molecule has 2 aliphatic rings. The fourth-order valence-electron chi connectivity index (χ4n) is 5.03.